The fourth-order valence-electron chi connectivity index (χ4n) is 2.77. The lowest BCUT2D eigenvalue weighted by molar-refractivity contribution is -0.137. The Hall–Kier alpha value is -2.88. The molecule has 0 aliphatic carbocycles. The third-order valence-electron chi connectivity index (χ3n) is 3.78. The Morgan fingerprint density at radius 3 is 2.60 bits per heavy atom. The van der Waals surface area contributed by atoms with Gasteiger partial charge in [0, 0.05) is 22.5 Å². The van der Waals surface area contributed by atoms with Gasteiger partial charge in [0.25, 0.3) is 0 Å². The second-order valence-electron chi connectivity index (χ2n) is 5.44. The van der Waals surface area contributed by atoms with E-state index in [9.17, 15) is 13.2 Å². The maximum absolute atomic E-state index is 12.7. The molecule has 0 aliphatic rings. The highest BCUT2D eigenvalue weighted by atomic mass is 32.1. The van der Waals surface area contributed by atoms with E-state index in [4.69, 9.17) is 11.5 Å². The molecule has 1 aromatic carbocycles. The van der Waals surface area contributed by atoms with Gasteiger partial charge in [0.1, 0.15) is 5.82 Å². The number of benzene rings is 1. The van der Waals surface area contributed by atoms with E-state index in [2.05, 4.69) is 15.0 Å². The first-order chi connectivity index (χ1) is 11.8. The van der Waals surface area contributed by atoms with Gasteiger partial charge in [-0.15, -0.1) is 11.3 Å². The van der Waals surface area contributed by atoms with Crippen LogP contribution in [0.1, 0.15) is 10.7 Å². The maximum atomic E-state index is 12.7. The first kappa shape index (κ1) is 15.6. The molecular formula is C15H11F3N6S. The molecule has 0 radical (unpaired) electrons. The van der Waals surface area contributed by atoms with Crippen molar-refractivity contribution in [1.29, 1.82) is 0 Å². The van der Waals surface area contributed by atoms with Crippen LogP contribution in [0.4, 0.5) is 24.9 Å². The van der Waals surface area contributed by atoms with E-state index in [1.807, 2.05) is 12.1 Å². The topological polar surface area (TPSA) is 95.6 Å². The first-order valence-corrected chi connectivity index (χ1v) is 8.03. The predicted molar refractivity (Wildman–Crippen MR) is 90.1 cm³/mol. The minimum atomic E-state index is -4.43. The van der Waals surface area contributed by atoms with Gasteiger partial charge >= 0.3 is 6.18 Å². The summed E-state index contributed by atoms with van der Waals surface area (Å²) in [4.78, 5) is 11.8. The number of thiazole rings is 1. The molecule has 3 heterocycles. The van der Waals surface area contributed by atoms with E-state index in [1.54, 1.807) is 16.8 Å². The number of fused-ring (bicyclic) bond motifs is 3. The zero-order valence-electron chi connectivity index (χ0n) is 12.6. The Balaban J connectivity index is 1.79. The molecule has 0 spiro atoms. The molecule has 3 aromatic heterocycles. The summed E-state index contributed by atoms with van der Waals surface area (Å²) in [5.74, 6) is 0.352. The lowest BCUT2D eigenvalue weighted by Gasteiger charge is -2.07. The monoisotopic (exact) mass is 364 g/mol. The number of hydrogen-bond donors (Lipinski definition) is 2. The highest BCUT2D eigenvalue weighted by molar-refractivity contribution is 7.09. The van der Waals surface area contributed by atoms with Gasteiger partial charge in [-0.1, -0.05) is 0 Å². The van der Waals surface area contributed by atoms with Crippen molar-refractivity contribution in [2.24, 2.45) is 0 Å². The van der Waals surface area contributed by atoms with Crippen molar-refractivity contribution in [3.05, 3.63) is 40.5 Å². The highest BCUT2D eigenvalue weighted by Crippen LogP contribution is 2.33. The molecule has 0 saturated carbocycles. The summed E-state index contributed by atoms with van der Waals surface area (Å²) in [6, 6.07) is 5.40. The van der Waals surface area contributed by atoms with Crippen LogP contribution in [0.25, 0.3) is 21.8 Å². The molecule has 0 atom stereocenters. The van der Waals surface area contributed by atoms with Crippen LogP contribution in [0, 0.1) is 0 Å². The summed E-state index contributed by atoms with van der Waals surface area (Å²) in [7, 11) is 0. The van der Waals surface area contributed by atoms with Gasteiger partial charge in [-0.3, -0.25) is 0 Å². The molecule has 4 aromatic rings. The van der Waals surface area contributed by atoms with Crippen molar-refractivity contribution in [3.8, 4) is 0 Å². The normalized spacial score (nSPS) is 12.3. The van der Waals surface area contributed by atoms with Crippen LogP contribution in [0.2, 0.25) is 0 Å². The second-order valence-corrected chi connectivity index (χ2v) is 6.30. The Morgan fingerprint density at radius 1 is 1.08 bits per heavy atom. The van der Waals surface area contributed by atoms with E-state index < -0.39 is 11.2 Å². The van der Waals surface area contributed by atoms with Crippen LogP contribution in [0.5, 0.6) is 0 Å². The number of nitrogens with two attached hydrogens (primary N) is 2. The van der Waals surface area contributed by atoms with Crippen LogP contribution in [0.3, 0.4) is 0 Å². The largest absolute Gasteiger partial charge is 0.443 e. The molecule has 4 rings (SSSR count). The van der Waals surface area contributed by atoms with Gasteiger partial charge in [-0.25, -0.2) is 9.97 Å². The number of aromatic nitrogens is 4. The summed E-state index contributed by atoms with van der Waals surface area (Å²) in [5.41, 5.74) is 13.3. The summed E-state index contributed by atoms with van der Waals surface area (Å²) in [6.45, 7) is 0.220. The molecule has 4 N–H and O–H groups in total. The molecule has 10 heteroatoms. The van der Waals surface area contributed by atoms with E-state index in [-0.39, 0.29) is 18.3 Å². The maximum Gasteiger partial charge on any atom is 0.443 e. The van der Waals surface area contributed by atoms with Crippen LogP contribution < -0.4 is 11.5 Å². The minimum Gasteiger partial charge on any atom is -0.383 e. The molecule has 0 aliphatic heterocycles. The van der Waals surface area contributed by atoms with Gasteiger partial charge < -0.3 is 16.0 Å². The quantitative estimate of drug-likeness (QED) is 0.569. The van der Waals surface area contributed by atoms with Crippen molar-refractivity contribution in [1.82, 2.24) is 19.5 Å². The summed E-state index contributed by atoms with van der Waals surface area (Å²) in [6.07, 6.45) is -2.66. The molecule has 6 nitrogen and oxygen atoms in total. The van der Waals surface area contributed by atoms with Gasteiger partial charge in [0.05, 0.1) is 23.1 Å². The van der Waals surface area contributed by atoms with Gasteiger partial charge in [0.15, 0.2) is 5.01 Å². The molecule has 0 amide bonds. The zero-order chi connectivity index (χ0) is 17.8. The van der Waals surface area contributed by atoms with Gasteiger partial charge in [0.2, 0.25) is 5.95 Å². The number of halogens is 3. The SMILES string of the molecule is Nc1nc(N)c2c(ccc3c2ccn3Cc2csc(C(F)(F)F)n2)n1. The van der Waals surface area contributed by atoms with Gasteiger partial charge in [-0.05, 0) is 18.2 Å². The van der Waals surface area contributed by atoms with Crippen molar-refractivity contribution in [3.63, 3.8) is 0 Å². The van der Waals surface area contributed by atoms with Crippen molar-refractivity contribution >= 4 is 44.9 Å². The minimum absolute atomic E-state index is 0.0888. The zero-order valence-corrected chi connectivity index (χ0v) is 13.4. The third kappa shape index (κ3) is 2.64. The van der Waals surface area contributed by atoms with E-state index in [0.29, 0.717) is 27.9 Å². The van der Waals surface area contributed by atoms with Crippen LogP contribution in [-0.2, 0) is 12.7 Å². The van der Waals surface area contributed by atoms with E-state index in [0.717, 1.165) is 10.9 Å². The van der Waals surface area contributed by atoms with Crippen molar-refractivity contribution < 1.29 is 13.2 Å². The Bertz CT molecular complexity index is 1100. The number of anilines is 2. The molecule has 0 saturated heterocycles. The number of alkyl halides is 3. The average molecular weight is 364 g/mol. The van der Waals surface area contributed by atoms with Gasteiger partial charge in [-0.2, -0.15) is 18.2 Å². The van der Waals surface area contributed by atoms with E-state index >= 15 is 0 Å². The van der Waals surface area contributed by atoms with Crippen molar-refractivity contribution in [2.75, 3.05) is 11.5 Å². The number of nitrogen functional groups attached to an aromatic ring is 2. The molecule has 0 fully saturated rings. The molecular weight excluding hydrogens is 353 g/mol. The molecule has 128 valence electrons. The molecule has 0 bridgehead atoms. The fraction of sp³-hybridized carbons (Fsp3) is 0.133. The number of nitrogens with zero attached hydrogens (tertiary/aromatic N) is 4. The van der Waals surface area contributed by atoms with Crippen molar-refractivity contribution in [2.45, 2.75) is 12.7 Å². The highest BCUT2D eigenvalue weighted by Gasteiger charge is 2.34. The third-order valence-corrected chi connectivity index (χ3v) is 4.72. The van der Waals surface area contributed by atoms with Crippen LogP contribution in [0.15, 0.2) is 29.8 Å². The average Bonchev–Trinajstić information content (AvgIpc) is 3.14. The molecule has 0 unspecified atom stereocenters. The Kier molecular flexibility index (Phi) is 3.32. The standard InChI is InChI=1S/C15H11F3N6S/c16-15(17,18)13-21-7(6-25-13)5-24-4-3-8-10(24)2-1-9-11(8)12(19)23-14(20)22-9/h1-4,6H,5H2,(H4,19,20,22,23). The predicted octanol–water partition coefficient (Wildman–Crippen LogP) is 3.27. The first-order valence-electron chi connectivity index (χ1n) is 7.15. The van der Waals surface area contributed by atoms with E-state index in [1.165, 1.54) is 5.38 Å². The lowest BCUT2D eigenvalue weighted by Crippen LogP contribution is -2.05. The molecule has 25 heavy (non-hydrogen) atoms. The summed E-state index contributed by atoms with van der Waals surface area (Å²) < 4.78 is 39.9. The number of rotatable bonds is 2. The van der Waals surface area contributed by atoms with Crippen LogP contribution in [-0.4, -0.2) is 19.5 Å². The lowest BCUT2D eigenvalue weighted by atomic mass is 10.1. The Morgan fingerprint density at radius 2 is 1.88 bits per heavy atom. The fourth-order valence-corrected chi connectivity index (χ4v) is 3.45. The summed E-state index contributed by atoms with van der Waals surface area (Å²) in [5, 5.41) is 2.03. The smallest absolute Gasteiger partial charge is 0.383 e. The Labute approximate surface area is 142 Å². The number of hydrogen-bond acceptors (Lipinski definition) is 6. The summed E-state index contributed by atoms with van der Waals surface area (Å²) >= 11 is 0.587. The second kappa shape index (κ2) is 5.31. The van der Waals surface area contributed by atoms with Crippen LogP contribution >= 0.6 is 11.3 Å².